The maximum Gasteiger partial charge on any atom is 0.243 e. The molecule has 1 heterocycles. The van der Waals surface area contributed by atoms with Crippen molar-refractivity contribution in [3.63, 3.8) is 0 Å². The second kappa shape index (κ2) is 10.5. The topological polar surface area (TPSA) is 44.8 Å². The highest BCUT2D eigenvalue weighted by Crippen LogP contribution is 2.20. The van der Waals surface area contributed by atoms with E-state index in [1.165, 1.54) is 5.69 Å². The van der Waals surface area contributed by atoms with Crippen LogP contribution in [-0.4, -0.2) is 57.2 Å². The number of hydrogen-bond donors (Lipinski definition) is 1. The van der Waals surface area contributed by atoms with Gasteiger partial charge in [0, 0.05) is 44.5 Å². The van der Waals surface area contributed by atoms with Crippen LogP contribution >= 0.6 is 0 Å². The number of rotatable bonds is 8. The molecular weight excluding hydrogens is 350 g/mol. The van der Waals surface area contributed by atoms with Crippen LogP contribution in [0.3, 0.4) is 0 Å². The molecule has 1 amide bonds. The minimum atomic E-state index is -0.0341. The van der Waals surface area contributed by atoms with Crippen LogP contribution in [0.2, 0.25) is 0 Å². The van der Waals surface area contributed by atoms with Crippen molar-refractivity contribution < 1.29 is 9.53 Å². The van der Waals surface area contributed by atoms with Crippen molar-refractivity contribution in [2.75, 3.05) is 51.3 Å². The molecule has 2 aromatic rings. The fraction of sp³-hybridized carbons (Fsp3) is 0.348. The molecule has 5 heteroatoms. The molecule has 5 nitrogen and oxygen atoms in total. The monoisotopic (exact) mass is 379 g/mol. The summed E-state index contributed by atoms with van der Waals surface area (Å²) < 4.78 is 5.22. The maximum absolute atomic E-state index is 11.9. The van der Waals surface area contributed by atoms with E-state index in [4.69, 9.17) is 4.74 Å². The third-order valence-electron chi connectivity index (χ3n) is 4.99. The molecule has 0 radical (unpaired) electrons. The zero-order valence-corrected chi connectivity index (χ0v) is 16.5. The first-order valence-electron chi connectivity index (χ1n) is 9.87. The summed E-state index contributed by atoms with van der Waals surface area (Å²) >= 11 is 0. The van der Waals surface area contributed by atoms with Crippen LogP contribution in [0.4, 0.5) is 5.69 Å². The number of methoxy groups -OCH3 is 1. The standard InChI is InChI=1S/C23H29N3O2/c1-28-22-11-9-21(10-12-22)26-18-16-25(17-19-26)15-5-14-24-23(27)13-8-20-6-3-2-4-7-20/h2-4,6-13H,5,14-19H2,1H3,(H,24,27)/b13-8+. The van der Waals surface area contributed by atoms with E-state index in [1.807, 2.05) is 48.5 Å². The molecular formula is C23H29N3O2. The summed E-state index contributed by atoms with van der Waals surface area (Å²) in [5.41, 5.74) is 2.28. The summed E-state index contributed by atoms with van der Waals surface area (Å²) in [4.78, 5) is 16.8. The second-order valence-electron chi connectivity index (χ2n) is 6.92. The van der Waals surface area contributed by atoms with Gasteiger partial charge in [0.2, 0.25) is 5.91 Å². The fourth-order valence-electron chi connectivity index (χ4n) is 3.33. The zero-order valence-electron chi connectivity index (χ0n) is 16.5. The van der Waals surface area contributed by atoms with E-state index in [9.17, 15) is 4.79 Å². The van der Waals surface area contributed by atoms with Gasteiger partial charge in [0.1, 0.15) is 5.75 Å². The number of hydrogen-bond acceptors (Lipinski definition) is 4. The van der Waals surface area contributed by atoms with Crippen molar-refractivity contribution in [2.24, 2.45) is 0 Å². The Morgan fingerprint density at radius 1 is 1.04 bits per heavy atom. The molecule has 0 saturated carbocycles. The number of piperazine rings is 1. The molecule has 3 rings (SSSR count). The van der Waals surface area contributed by atoms with E-state index in [0.717, 1.165) is 50.5 Å². The lowest BCUT2D eigenvalue weighted by molar-refractivity contribution is -0.116. The highest BCUT2D eigenvalue weighted by Gasteiger charge is 2.16. The predicted octanol–water partition coefficient (Wildman–Crippen LogP) is 3.04. The van der Waals surface area contributed by atoms with E-state index in [-0.39, 0.29) is 5.91 Å². The van der Waals surface area contributed by atoms with Gasteiger partial charge in [-0.15, -0.1) is 0 Å². The van der Waals surface area contributed by atoms with E-state index in [2.05, 4.69) is 27.2 Å². The number of carbonyl (C=O) groups is 1. The van der Waals surface area contributed by atoms with Gasteiger partial charge < -0.3 is 15.0 Å². The average Bonchev–Trinajstić information content (AvgIpc) is 2.76. The molecule has 1 fully saturated rings. The van der Waals surface area contributed by atoms with Crippen LogP contribution in [0.15, 0.2) is 60.7 Å². The molecule has 28 heavy (non-hydrogen) atoms. The molecule has 0 spiro atoms. The van der Waals surface area contributed by atoms with Crippen LogP contribution < -0.4 is 15.0 Å². The van der Waals surface area contributed by atoms with Gasteiger partial charge in [-0.2, -0.15) is 0 Å². The Kier molecular flexibility index (Phi) is 7.50. The van der Waals surface area contributed by atoms with Gasteiger partial charge in [-0.3, -0.25) is 9.69 Å². The van der Waals surface area contributed by atoms with Crippen LogP contribution in [0.5, 0.6) is 5.75 Å². The highest BCUT2D eigenvalue weighted by molar-refractivity contribution is 5.91. The smallest absolute Gasteiger partial charge is 0.243 e. The lowest BCUT2D eigenvalue weighted by Crippen LogP contribution is -2.47. The first kappa shape index (κ1) is 20.0. The average molecular weight is 380 g/mol. The van der Waals surface area contributed by atoms with Crippen molar-refractivity contribution in [1.29, 1.82) is 0 Å². The number of nitrogens with one attached hydrogen (secondary N) is 1. The minimum absolute atomic E-state index is 0.0341. The van der Waals surface area contributed by atoms with Gasteiger partial charge in [-0.1, -0.05) is 30.3 Å². The summed E-state index contributed by atoms with van der Waals surface area (Å²) in [6.45, 7) is 5.87. The van der Waals surface area contributed by atoms with Gasteiger partial charge in [0.25, 0.3) is 0 Å². The van der Waals surface area contributed by atoms with E-state index >= 15 is 0 Å². The quantitative estimate of drug-likeness (QED) is 0.566. The molecule has 1 aliphatic heterocycles. The first-order chi connectivity index (χ1) is 13.7. The number of ether oxygens (including phenoxy) is 1. The maximum atomic E-state index is 11.9. The van der Waals surface area contributed by atoms with E-state index < -0.39 is 0 Å². The molecule has 0 bridgehead atoms. The van der Waals surface area contributed by atoms with Gasteiger partial charge in [0.15, 0.2) is 0 Å². The summed E-state index contributed by atoms with van der Waals surface area (Å²) in [7, 11) is 1.69. The van der Waals surface area contributed by atoms with Crippen LogP contribution in [0.25, 0.3) is 6.08 Å². The fourth-order valence-corrected chi connectivity index (χ4v) is 3.33. The summed E-state index contributed by atoms with van der Waals surface area (Å²) in [6, 6.07) is 18.1. The van der Waals surface area contributed by atoms with Crippen LogP contribution in [-0.2, 0) is 4.79 Å². The normalized spacial score (nSPS) is 15.0. The molecule has 1 N–H and O–H groups in total. The summed E-state index contributed by atoms with van der Waals surface area (Å²) in [5, 5.41) is 2.96. The third kappa shape index (κ3) is 6.13. The predicted molar refractivity (Wildman–Crippen MR) is 115 cm³/mol. The molecule has 1 aliphatic rings. The van der Waals surface area contributed by atoms with E-state index in [1.54, 1.807) is 13.2 Å². The number of benzene rings is 2. The van der Waals surface area contributed by atoms with Crippen molar-refractivity contribution in [1.82, 2.24) is 10.2 Å². The Labute approximate surface area is 167 Å². The number of amides is 1. The Bertz CT molecular complexity index is 751. The largest absolute Gasteiger partial charge is 0.497 e. The van der Waals surface area contributed by atoms with Crippen LogP contribution in [0.1, 0.15) is 12.0 Å². The molecule has 148 valence electrons. The minimum Gasteiger partial charge on any atom is -0.497 e. The SMILES string of the molecule is COc1ccc(N2CCN(CCCNC(=O)/C=C/c3ccccc3)CC2)cc1. The number of anilines is 1. The Balaban J connectivity index is 1.31. The van der Waals surface area contributed by atoms with Gasteiger partial charge in [-0.25, -0.2) is 0 Å². The summed E-state index contributed by atoms with van der Waals surface area (Å²) in [5.74, 6) is 0.858. The molecule has 0 aromatic heterocycles. The molecule has 2 aromatic carbocycles. The Morgan fingerprint density at radius 3 is 2.43 bits per heavy atom. The van der Waals surface area contributed by atoms with Crippen molar-refractivity contribution in [3.05, 3.63) is 66.2 Å². The Hall–Kier alpha value is -2.79. The second-order valence-corrected chi connectivity index (χ2v) is 6.92. The van der Waals surface area contributed by atoms with Crippen molar-refractivity contribution in [2.45, 2.75) is 6.42 Å². The third-order valence-corrected chi connectivity index (χ3v) is 4.99. The molecule has 0 atom stereocenters. The Morgan fingerprint density at radius 2 is 1.75 bits per heavy atom. The summed E-state index contributed by atoms with van der Waals surface area (Å²) in [6.07, 6.45) is 4.41. The lowest BCUT2D eigenvalue weighted by Gasteiger charge is -2.36. The molecule has 0 unspecified atom stereocenters. The van der Waals surface area contributed by atoms with Gasteiger partial charge in [0.05, 0.1) is 7.11 Å². The van der Waals surface area contributed by atoms with Crippen LogP contribution in [0, 0.1) is 0 Å². The molecule has 1 saturated heterocycles. The van der Waals surface area contributed by atoms with Crippen molar-refractivity contribution in [3.8, 4) is 5.75 Å². The van der Waals surface area contributed by atoms with E-state index in [0.29, 0.717) is 6.54 Å². The number of nitrogens with zero attached hydrogens (tertiary/aromatic N) is 2. The van der Waals surface area contributed by atoms with Gasteiger partial charge >= 0.3 is 0 Å². The van der Waals surface area contributed by atoms with Gasteiger partial charge in [-0.05, 0) is 48.9 Å². The number of carbonyl (C=O) groups excluding carboxylic acids is 1. The molecule has 0 aliphatic carbocycles. The lowest BCUT2D eigenvalue weighted by atomic mass is 10.2. The first-order valence-corrected chi connectivity index (χ1v) is 9.87. The highest BCUT2D eigenvalue weighted by atomic mass is 16.5. The van der Waals surface area contributed by atoms with Crippen molar-refractivity contribution >= 4 is 17.7 Å². The zero-order chi connectivity index (χ0) is 19.6.